The van der Waals surface area contributed by atoms with Gasteiger partial charge in [0.25, 0.3) is 0 Å². The van der Waals surface area contributed by atoms with Crippen molar-refractivity contribution in [2.45, 2.75) is 53.0 Å². The first-order chi connectivity index (χ1) is 9.63. The molecule has 20 heavy (non-hydrogen) atoms. The van der Waals surface area contributed by atoms with Crippen molar-refractivity contribution in [3.63, 3.8) is 0 Å². The maximum absolute atomic E-state index is 13.3. The summed E-state index contributed by atoms with van der Waals surface area (Å²) in [6, 6.07) is 1.50. The first kappa shape index (κ1) is 16.9. The molecule has 0 unspecified atom stereocenters. The van der Waals surface area contributed by atoms with Gasteiger partial charge in [-0.1, -0.05) is 40.0 Å². The zero-order valence-corrected chi connectivity index (χ0v) is 12.9. The van der Waals surface area contributed by atoms with E-state index in [1.54, 1.807) is 0 Å². The monoisotopic (exact) mass is 282 g/mol. The van der Waals surface area contributed by atoms with Gasteiger partial charge >= 0.3 is 0 Å². The Balaban J connectivity index is 2.47. The minimum absolute atomic E-state index is 0.315. The molecule has 0 bridgehead atoms. The second-order valence-corrected chi connectivity index (χ2v) is 5.55. The summed E-state index contributed by atoms with van der Waals surface area (Å²) in [5.41, 5.74) is 0.793. The predicted octanol–water partition coefficient (Wildman–Crippen LogP) is 3.93. The molecule has 114 valence electrons. The van der Waals surface area contributed by atoms with Gasteiger partial charge in [0.1, 0.15) is 5.82 Å². The van der Waals surface area contributed by atoms with E-state index in [1.807, 2.05) is 0 Å². The molecule has 1 aromatic rings. The largest absolute Gasteiger partial charge is 0.477 e. The van der Waals surface area contributed by atoms with Gasteiger partial charge in [0, 0.05) is 12.1 Å². The molecule has 4 heteroatoms. The fourth-order valence-electron chi connectivity index (χ4n) is 1.92. The first-order valence-electron chi connectivity index (χ1n) is 7.61. The van der Waals surface area contributed by atoms with Crippen LogP contribution in [0.1, 0.15) is 52.0 Å². The van der Waals surface area contributed by atoms with Gasteiger partial charge in [-0.25, -0.2) is 9.37 Å². The van der Waals surface area contributed by atoms with Crippen LogP contribution in [0, 0.1) is 11.7 Å². The topological polar surface area (TPSA) is 34.1 Å². The molecule has 1 aromatic heterocycles. The summed E-state index contributed by atoms with van der Waals surface area (Å²) in [6.07, 6.45) is 5.83. The Morgan fingerprint density at radius 3 is 2.80 bits per heavy atom. The lowest BCUT2D eigenvalue weighted by atomic mass is 10.2. The second-order valence-electron chi connectivity index (χ2n) is 5.55. The summed E-state index contributed by atoms with van der Waals surface area (Å²) in [6.45, 7) is 8.60. The Hall–Kier alpha value is -1.16. The number of aromatic nitrogens is 1. The molecule has 1 heterocycles. The zero-order valence-electron chi connectivity index (χ0n) is 12.9. The summed E-state index contributed by atoms with van der Waals surface area (Å²) >= 11 is 0. The van der Waals surface area contributed by atoms with E-state index in [0.717, 1.165) is 18.5 Å². The summed E-state index contributed by atoms with van der Waals surface area (Å²) in [7, 11) is 0. The molecule has 0 aromatic carbocycles. The Morgan fingerprint density at radius 2 is 2.10 bits per heavy atom. The van der Waals surface area contributed by atoms with Crippen LogP contribution in [0.25, 0.3) is 0 Å². The molecule has 0 fully saturated rings. The molecule has 3 nitrogen and oxygen atoms in total. The van der Waals surface area contributed by atoms with E-state index in [1.165, 1.54) is 31.5 Å². The minimum Gasteiger partial charge on any atom is -0.477 e. The van der Waals surface area contributed by atoms with E-state index in [2.05, 4.69) is 31.1 Å². The van der Waals surface area contributed by atoms with E-state index >= 15 is 0 Å². The number of hydrogen-bond donors (Lipinski definition) is 1. The summed E-state index contributed by atoms with van der Waals surface area (Å²) in [5.74, 6) is 0.804. The van der Waals surface area contributed by atoms with Crippen LogP contribution < -0.4 is 10.1 Å². The number of nitrogens with zero attached hydrogens (tertiary/aromatic N) is 1. The molecule has 1 rings (SSSR count). The van der Waals surface area contributed by atoms with Crippen molar-refractivity contribution >= 4 is 0 Å². The average molecular weight is 282 g/mol. The number of hydrogen-bond acceptors (Lipinski definition) is 3. The third-order valence-electron chi connectivity index (χ3n) is 3.00. The van der Waals surface area contributed by atoms with Crippen molar-refractivity contribution in [1.82, 2.24) is 10.3 Å². The van der Waals surface area contributed by atoms with Gasteiger partial charge in [0.15, 0.2) is 0 Å². The molecule has 0 aliphatic carbocycles. The van der Waals surface area contributed by atoms with Crippen LogP contribution in [0.2, 0.25) is 0 Å². The van der Waals surface area contributed by atoms with Gasteiger partial charge in [-0.15, -0.1) is 0 Å². The highest BCUT2D eigenvalue weighted by atomic mass is 19.1. The van der Waals surface area contributed by atoms with E-state index < -0.39 is 0 Å². The lowest BCUT2D eigenvalue weighted by Crippen LogP contribution is -2.20. The number of halogens is 1. The highest BCUT2D eigenvalue weighted by Gasteiger charge is 2.07. The van der Waals surface area contributed by atoms with Gasteiger partial charge in [-0.2, -0.15) is 0 Å². The fraction of sp³-hybridized carbons (Fsp3) is 0.688. The molecular formula is C16H27FN2O. The Kier molecular flexibility index (Phi) is 8.19. The van der Waals surface area contributed by atoms with Crippen molar-refractivity contribution in [2.24, 2.45) is 5.92 Å². The first-order valence-corrected chi connectivity index (χ1v) is 7.61. The van der Waals surface area contributed by atoms with Crippen molar-refractivity contribution in [3.8, 4) is 5.88 Å². The normalized spacial score (nSPS) is 11.1. The Morgan fingerprint density at radius 1 is 1.30 bits per heavy atom. The average Bonchev–Trinajstić information content (AvgIpc) is 2.40. The summed E-state index contributed by atoms with van der Waals surface area (Å²) in [5, 5.41) is 3.29. The van der Waals surface area contributed by atoms with E-state index in [9.17, 15) is 4.39 Å². The third kappa shape index (κ3) is 6.85. The van der Waals surface area contributed by atoms with Crippen molar-refractivity contribution in [2.75, 3.05) is 13.2 Å². The summed E-state index contributed by atoms with van der Waals surface area (Å²) < 4.78 is 19.0. The molecule has 0 amide bonds. The molecule has 0 radical (unpaired) electrons. The second kappa shape index (κ2) is 9.70. The van der Waals surface area contributed by atoms with Crippen LogP contribution in [-0.4, -0.2) is 18.1 Å². The zero-order chi connectivity index (χ0) is 14.8. The molecule has 0 aliphatic heterocycles. The van der Waals surface area contributed by atoms with Crippen LogP contribution >= 0.6 is 0 Å². The number of unbranched alkanes of at least 4 members (excludes halogenated alkanes) is 3. The predicted molar refractivity (Wildman–Crippen MR) is 80.4 cm³/mol. The Bertz CT molecular complexity index is 383. The van der Waals surface area contributed by atoms with E-state index in [-0.39, 0.29) is 5.82 Å². The molecule has 0 aliphatic rings. The van der Waals surface area contributed by atoms with Crippen LogP contribution in [0.4, 0.5) is 4.39 Å². The molecular weight excluding hydrogens is 255 g/mol. The van der Waals surface area contributed by atoms with Gasteiger partial charge in [0.2, 0.25) is 5.88 Å². The van der Waals surface area contributed by atoms with Crippen LogP contribution in [0.5, 0.6) is 5.88 Å². The fourth-order valence-corrected chi connectivity index (χ4v) is 1.92. The maximum Gasteiger partial charge on any atom is 0.218 e. The third-order valence-corrected chi connectivity index (χ3v) is 3.00. The van der Waals surface area contributed by atoms with Gasteiger partial charge in [-0.3, -0.25) is 0 Å². The van der Waals surface area contributed by atoms with E-state index in [0.29, 0.717) is 24.9 Å². The highest BCUT2D eigenvalue weighted by Crippen LogP contribution is 2.16. The summed E-state index contributed by atoms with van der Waals surface area (Å²) in [4.78, 5) is 4.06. The van der Waals surface area contributed by atoms with Crippen LogP contribution in [0.15, 0.2) is 12.3 Å². The molecule has 0 spiro atoms. The molecule has 0 atom stereocenters. The van der Waals surface area contributed by atoms with Gasteiger partial charge in [0.05, 0.1) is 12.8 Å². The molecule has 0 saturated carbocycles. The number of ether oxygens (including phenoxy) is 1. The standard InChI is InChI=1S/C16H27FN2O/c1-4-5-6-7-8-20-16-14(9-15(17)12-19-16)11-18-10-13(2)3/h9,12-13,18H,4-8,10-11H2,1-3H3. The molecule has 1 N–H and O–H groups in total. The maximum atomic E-state index is 13.3. The smallest absolute Gasteiger partial charge is 0.218 e. The van der Waals surface area contributed by atoms with Crippen LogP contribution in [-0.2, 0) is 6.54 Å². The number of pyridine rings is 1. The van der Waals surface area contributed by atoms with Gasteiger partial charge in [-0.05, 0) is 24.9 Å². The minimum atomic E-state index is -0.315. The van der Waals surface area contributed by atoms with E-state index in [4.69, 9.17) is 4.74 Å². The Labute approximate surface area is 121 Å². The van der Waals surface area contributed by atoms with Gasteiger partial charge < -0.3 is 10.1 Å². The van der Waals surface area contributed by atoms with Crippen molar-refractivity contribution in [1.29, 1.82) is 0 Å². The molecule has 0 saturated heterocycles. The lowest BCUT2D eigenvalue weighted by molar-refractivity contribution is 0.288. The quantitative estimate of drug-likeness (QED) is 0.660. The SMILES string of the molecule is CCCCCCOc1ncc(F)cc1CNCC(C)C. The number of rotatable bonds is 10. The lowest BCUT2D eigenvalue weighted by Gasteiger charge is -2.12. The number of nitrogens with one attached hydrogen (secondary N) is 1. The van der Waals surface area contributed by atoms with Crippen molar-refractivity contribution in [3.05, 3.63) is 23.6 Å². The van der Waals surface area contributed by atoms with Crippen molar-refractivity contribution < 1.29 is 9.13 Å². The highest BCUT2D eigenvalue weighted by molar-refractivity contribution is 5.26. The van der Waals surface area contributed by atoms with Crippen LogP contribution in [0.3, 0.4) is 0 Å².